The minimum atomic E-state index is -5.24. The molecule has 16 aromatic carbocycles. The van der Waals surface area contributed by atoms with E-state index in [1.807, 2.05) is 158 Å². The fourth-order valence-electron chi connectivity index (χ4n) is 18.0. The molecule has 0 amide bonds. The predicted octanol–water partition coefficient (Wildman–Crippen LogP) is 27.3. The van der Waals surface area contributed by atoms with E-state index in [2.05, 4.69) is 203 Å². The van der Waals surface area contributed by atoms with Crippen LogP contribution in [-0.2, 0) is 12.4 Å². The molecule has 6 nitrogen and oxygen atoms in total. The Balaban J connectivity index is 0.903. The Morgan fingerprint density at radius 2 is 0.400 bits per heavy atom. The van der Waals surface area contributed by atoms with Crippen molar-refractivity contribution in [1.29, 1.82) is 0 Å². The molecular formula is C98H58F6N6. The average molecular weight is 1430 g/mol. The van der Waals surface area contributed by atoms with Crippen LogP contribution in [0.5, 0.6) is 0 Å². The van der Waals surface area contributed by atoms with E-state index in [4.69, 9.17) is 0 Å². The van der Waals surface area contributed by atoms with Crippen molar-refractivity contribution in [2.75, 3.05) is 0 Å². The molecule has 0 bridgehead atoms. The third kappa shape index (κ3) is 9.38. The van der Waals surface area contributed by atoms with Crippen molar-refractivity contribution in [3.8, 4) is 67.5 Å². The molecule has 6 aromatic heterocycles. The highest BCUT2D eigenvalue weighted by Crippen LogP contribution is 2.53. The summed E-state index contributed by atoms with van der Waals surface area (Å²) < 4.78 is 111. The third-order valence-corrected chi connectivity index (χ3v) is 22.6. The number of para-hydroxylation sites is 10. The molecule has 0 N–H and O–H groups in total. The van der Waals surface area contributed by atoms with Gasteiger partial charge in [-0.3, -0.25) is 0 Å². The van der Waals surface area contributed by atoms with Gasteiger partial charge in [-0.2, -0.15) is 26.3 Å². The number of alkyl halides is 6. The van der Waals surface area contributed by atoms with Crippen LogP contribution in [0, 0.1) is 0 Å². The molecule has 0 atom stereocenters. The van der Waals surface area contributed by atoms with Crippen molar-refractivity contribution in [1.82, 2.24) is 27.4 Å². The van der Waals surface area contributed by atoms with Crippen LogP contribution in [0.25, 0.3) is 198 Å². The molecule has 0 spiro atoms. The largest absolute Gasteiger partial charge is 0.416 e. The zero-order valence-corrected chi connectivity index (χ0v) is 58.4. The maximum absolute atomic E-state index is 16.3. The second-order valence-electron chi connectivity index (χ2n) is 28.5. The first-order chi connectivity index (χ1) is 53.9. The molecule has 0 aliphatic heterocycles. The van der Waals surface area contributed by atoms with Crippen LogP contribution in [0.4, 0.5) is 26.3 Å². The monoisotopic (exact) mass is 1430 g/mol. The molecule has 0 aliphatic carbocycles. The second-order valence-corrected chi connectivity index (χ2v) is 28.5. The lowest BCUT2D eigenvalue weighted by molar-refractivity contribution is -0.143. The molecule has 0 radical (unpaired) electrons. The Morgan fingerprint density at radius 1 is 0.173 bits per heavy atom. The van der Waals surface area contributed by atoms with E-state index >= 15 is 26.3 Å². The second kappa shape index (κ2) is 23.7. The van der Waals surface area contributed by atoms with Gasteiger partial charge in [0.2, 0.25) is 0 Å². The van der Waals surface area contributed by atoms with Crippen LogP contribution in [-0.4, -0.2) is 27.4 Å². The summed E-state index contributed by atoms with van der Waals surface area (Å²) in [6.45, 7) is 0. The summed E-state index contributed by atoms with van der Waals surface area (Å²) in [5, 5.41) is 11.2. The predicted molar refractivity (Wildman–Crippen MR) is 439 cm³/mol. The molecule has 0 aliphatic rings. The molecule has 522 valence electrons. The summed E-state index contributed by atoms with van der Waals surface area (Å²) >= 11 is 0. The first-order valence-corrected chi connectivity index (χ1v) is 36.6. The Labute approximate surface area is 623 Å². The van der Waals surface area contributed by atoms with Gasteiger partial charge in [-0.25, -0.2) is 0 Å². The molecule has 12 heteroatoms. The fraction of sp³-hybridized carbons (Fsp3) is 0.0204. The van der Waals surface area contributed by atoms with Crippen LogP contribution in [0.2, 0.25) is 0 Å². The third-order valence-electron chi connectivity index (χ3n) is 22.6. The van der Waals surface area contributed by atoms with E-state index in [0.717, 1.165) is 155 Å². The van der Waals surface area contributed by atoms with Crippen LogP contribution in [0.1, 0.15) is 11.1 Å². The van der Waals surface area contributed by atoms with Crippen LogP contribution in [0.15, 0.2) is 352 Å². The smallest absolute Gasteiger partial charge is 0.309 e. The van der Waals surface area contributed by atoms with Crippen molar-refractivity contribution < 1.29 is 26.3 Å². The van der Waals surface area contributed by atoms with E-state index in [0.29, 0.717) is 44.8 Å². The summed E-state index contributed by atoms with van der Waals surface area (Å²) in [4.78, 5) is 0. The van der Waals surface area contributed by atoms with Gasteiger partial charge in [-0.15, -0.1) is 0 Å². The minimum absolute atomic E-state index is 0.114. The van der Waals surface area contributed by atoms with Gasteiger partial charge in [0, 0.05) is 81.6 Å². The van der Waals surface area contributed by atoms with Gasteiger partial charge in [0.15, 0.2) is 0 Å². The standard InChI is InChI=1S/C98H58F6N6/c99-97(100,101)64-51-63(52-65(57-64)98(102,103)104)94-95(109-84-39-19-7-27-68(84)69-28-8-20-40-85(69)109)92(107-82-37-17-13-33-74(82)78-55-61(45-49-90(78)107)59-43-47-88-76(53-59)72-31-11-15-35-80(72)105(88)66-23-3-1-4-24-66)58-93(96(94)110-86-41-21-9-29-70(86)71-30-10-22-42-87(71)110)108-83-38-18-14-34-75(83)79-56-62(46-50-91(79)108)60-44-48-89-77(54-60)73-32-12-16-36-81(73)106(89)67-25-5-2-6-26-67/h1-58H. The molecule has 0 saturated carbocycles. The highest BCUT2D eigenvalue weighted by molar-refractivity contribution is 6.19. The summed E-state index contributed by atoms with van der Waals surface area (Å²) in [6, 6.07) is 116. The lowest BCUT2D eigenvalue weighted by atomic mass is 9.93. The van der Waals surface area contributed by atoms with E-state index in [1.54, 1.807) is 0 Å². The lowest BCUT2D eigenvalue weighted by Crippen LogP contribution is -2.15. The number of benzene rings is 16. The lowest BCUT2D eigenvalue weighted by Gasteiger charge is -2.28. The SMILES string of the molecule is FC(F)(F)c1cc(-c2c(-n3c4ccccc4c4ccccc43)c(-n3c4ccccc4c4cc(-c5ccc6c(c5)c5ccccc5n6-c5ccccc5)ccc43)cc(-n3c4ccccc4c4cc(-c5ccc6c(c5)c5ccccc5n6-c5ccccc5)ccc43)c2-n2c3ccccc3c3ccccc32)cc(C(F)(F)F)c1. The number of hydrogen-bond acceptors (Lipinski definition) is 0. The molecule has 22 aromatic rings. The molecule has 0 saturated heterocycles. The van der Waals surface area contributed by atoms with Gasteiger partial charge in [0.25, 0.3) is 0 Å². The van der Waals surface area contributed by atoms with Gasteiger partial charge in [0.1, 0.15) is 0 Å². The first-order valence-electron chi connectivity index (χ1n) is 36.6. The van der Waals surface area contributed by atoms with E-state index in [9.17, 15) is 0 Å². The van der Waals surface area contributed by atoms with E-state index < -0.39 is 23.5 Å². The topological polar surface area (TPSA) is 29.6 Å². The van der Waals surface area contributed by atoms with Gasteiger partial charge >= 0.3 is 12.4 Å². The van der Waals surface area contributed by atoms with Gasteiger partial charge < -0.3 is 27.4 Å². The van der Waals surface area contributed by atoms with Gasteiger partial charge in [-0.1, -0.05) is 206 Å². The van der Waals surface area contributed by atoms with Crippen molar-refractivity contribution in [3.05, 3.63) is 363 Å². The van der Waals surface area contributed by atoms with E-state index in [-0.39, 0.29) is 17.2 Å². The summed E-state index contributed by atoms with van der Waals surface area (Å²) in [5.74, 6) is 0. The van der Waals surface area contributed by atoms with Crippen LogP contribution in [0.3, 0.4) is 0 Å². The normalized spacial score (nSPS) is 12.5. The Kier molecular flexibility index (Phi) is 13.6. The minimum Gasteiger partial charge on any atom is -0.309 e. The molecule has 22 rings (SSSR count). The van der Waals surface area contributed by atoms with E-state index in [1.165, 1.54) is 0 Å². The number of fused-ring (bicyclic) bond motifs is 18. The quantitative estimate of drug-likeness (QED) is 0.129. The number of hydrogen-bond donors (Lipinski definition) is 0. The molecule has 110 heavy (non-hydrogen) atoms. The van der Waals surface area contributed by atoms with Crippen molar-refractivity contribution >= 4 is 131 Å². The first kappa shape index (κ1) is 63.2. The Morgan fingerprint density at radius 3 is 0.682 bits per heavy atom. The molecule has 0 unspecified atom stereocenters. The Hall–Kier alpha value is -14.1. The zero-order valence-electron chi connectivity index (χ0n) is 58.4. The number of rotatable bonds is 9. The number of nitrogens with zero attached hydrogens (tertiary/aromatic N) is 6. The number of aromatic nitrogens is 6. The molecular weight excluding hydrogens is 1380 g/mol. The van der Waals surface area contributed by atoms with Crippen molar-refractivity contribution in [3.63, 3.8) is 0 Å². The highest BCUT2D eigenvalue weighted by Gasteiger charge is 2.40. The fourth-order valence-corrected chi connectivity index (χ4v) is 18.0. The van der Waals surface area contributed by atoms with Gasteiger partial charge in [0.05, 0.1) is 100 Å². The van der Waals surface area contributed by atoms with Crippen LogP contribution < -0.4 is 0 Å². The zero-order chi connectivity index (χ0) is 73.4. The summed E-state index contributed by atoms with van der Waals surface area (Å²) in [5.41, 5.74) is 14.5. The van der Waals surface area contributed by atoms with Crippen molar-refractivity contribution in [2.45, 2.75) is 12.4 Å². The summed E-state index contributed by atoms with van der Waals surface area (Å²) in [6.07, 6.45) is -10.5. The Bertz CT molecular complexity index is 7080. The van der Waals surface area contributed by atoms with Gasteiger partial charge in [-0.05, 0) is 173 Å². The maximum Gasteiger partial charge on any atom is 0.416 e. The average Bonchev–Trinajstić information content (AvgIpc) is 1.49. The maximum atomic E-state index is 16.3. The van der Waals surface area contributed by atoms with Crippen LogP contribution >= 0.6 is 0 Å². The van der Waals surface area contributed by atoms with Crippen molar-refractivity contribution in [2.24, 2.45) is 0 Å². The summed E-state index contributed by atoms with van der Waals surface area (Å²) in [7, 11) is 0. The number of halogens is 6. The molecule has 6 heterocycles. The molecule has 0 fully saturated rings. The highest BCUT2D eigenvalue weighted by atomic mass is 19.4.